The normalized spacial score (nSPS) is 11.6. The molecule has 0 aliphatic rings. The van der Waals surface area contributed by atoms with E-state index in [1.807, 2.05) is 0 Å². The highest BCUT2D eigenvalue weighted by atomic mass is 35.5. The number of hydrogen-bond acceptors (Lipinski definition) is 6. The summed E-state index contributed by atoms with van der Waals surface area (Å²) in [6.45, 7) is 1.76. The smallest absolute Gasteiger partial charge is 0.335 e. The number of carboxylic acids is 1. The van der Waals surface area contributed by atoms with E-state index in [9.17, 15) is 18.8 Å². The summed E-state index contributed by atoms with van der Waals surface area (Å²) in [7, 11) is 1.44. The third kappa shape index (κ3) is 6.16. The van der Waals surface area contributed by atoms with Crippen molar-refractivity contribution in [2.45, 2.75) is 19.4 Å². The van der Waals surface area contributed by atoms with Gasteiger partial charge < -0.3 is 15.2 Å². The average Bonchev–Trinajstić information content (AvgIpc) is 3.48. The van der Waals surface area contributed by atoms with Crippen LogP contribution in [0.3, 0.4) is 0 Å². The number of carbonyl (C=O) groups is 2. The Bertz CT molecular complexity index is 1890. The van der Waals surface area contributed by atoms with Crippen molar-refractivity contribution in [1.82, 2.24) is 19.6 Å². The van der Waals surface area contributed by atoms with Crippen molar-refractivity contribution in [2.24, 2.45) is 0 Å². The van der Waals surface area contributed by atoms with Crippen LogP contribution >= 0.6 is 11.6 Å². The van der Waals surface area contributed by atoms with E-state index in [4.69, 9.17) is 21.4 Å². The molecule has 0 spiro atoms. The highest BCUT2D eigenvalue weighted by molar-refractivity contribution is 6.31. The number of carboxylic acid groups (broad SMARTS) is 1. The number of pyridine rings is 1. The van der Waals surface area contributed by atoms with Crippen molar-refractivity contribution in [1.29, 1.82) is 0 Å². The van der Waals surface area contributed by atoms with Gasteiger partial charge in [-0.2, -0.15) is 0 Å². The number of anilines is 1. The van der Waals surface area contributed by atoms with E-state index in [0.29, 0.717) is 44.5 Å². The highest BCUT2D eigenvalue weighted by Crippen LogP contribution is 2.36. The number of carbonyl (C=O) groups excluding carboxylic acids is 1. The quantitative estimate of drug-likeness (QED) is 0.217. The summed E-state index contributed by atoms with van der Waals surface area (Å²) in [5.41, 5.74) is 2.44. The van der Waals surface area contributed by atoms with Gasteiger partial charge in [-0.3, -0.25) is 14.2 Å². The Labute approximate surface area is 249 Å². The molecule has 2 heterocycles. The zero-order valence-corrected chi connectivity index (χ0v) is 23.7. The minimum Gasteiger partial charge on any atom is -0.495 e. The standard InChI is InChI=1S/C31H25ClFN5O5/c1-3-26(30(40)34-22-10-7-18(8-11-22)31(41)42)37-17-28(43-2)24(15-29(37)39)23-14-20(32)9-12-27(23)38-16-25(35-36-38)19-5-4-6-21(33)13-19/h4-17,26H,3H2,1-2H3,(H,34,40)(H,41,42). The molecule has 0 fully saturated rings. The molecule has 0 saturated carbocycles. The monoisotopic (exact) mass is 601 g/mol. The second-order valence-corrected chi connectivity index (χ2v) is 9.95. The molecular weight excluding hydrogens is 577 g/mol. The summed E-state index contributed by atoms with van der Waals surface area (Å²) in [6, 6.07) is 17.2. The number of aromatic nitrogens is 4. The van der Waals surface area contributed by atoms with E-state index in [1.54, 1.807) is 43.5 Å². The Hall–Kier alpha value is -5.29. The minimum atomic E-state index is -1.08. The van der Waals surface area contributed by atoms with E-state index >= 15 is 0 Å². The average molecular weight is 602 g/mol. The molecule has 1 unspecified atom stereocenters. The van der Waals surface area contributed by atoms with Crippen LogP contribution in [-0.2, 0) is 4.79 Å². The van der Waals surface area contributed by atoms with Gasteiger partial charge in [0.1, 0.15) is 23.3 Å². The van der Waals surface area contributed by atoms with Crippen LogP contribution in [0.2, 0.25) is 5.02 Å². The third-order valence-electron chi connectivity index (χ3n) is 6.80. The lowest BCUT2D eigenvalue weighted by atomic mass is 10.0. The first-order chi connectivity index (χ1) is 20.7. The van der Waals surface area contributed by atoms with Crippen molar-refractivity contribution in [2.75, 3.05) is 12.4 Å². The van der Waals surface area contributed by atoms with Gasteiger partial charge in [-0.05, 0) is 61.0 Å². The number of ether oxygens (including phenoxy) is 1. The maximum Gasteiger partial charge on any atom is 0.335 e. The molecule has 2 N–H and O–H groups in total. The third-order valence-corrected chi connectivity index (χ3v) is 7.03. The number of aromatic carboxylic acids is 1. The van der Waals surface area contributed by atoms with Gasteiger partial charge in [0.15, 0.2) is 0 Å². The van der Waals surface area contributed by atoms with Crippen LogP contribution in [-0.4, -0.2) is 43.7 Å². The second kappa shape index (κ2) is 12.3. The molecule has 12 heteroatoms. The fraction of sp³-hybridized carbons (Fsp3) is 0.129. The molecule has 5 rings (SSSR count). The summed E-state index contributed by atoms with van der Waals surface area (Å²) in [5, 5.41) is 20.6. The number of halogens is 2. The summed E-state index contributed by atoms with van der Waals surface area (Å²) >= 11 is 6.36. The van der Waals surface area contributed by atoms with Crippen molar-refractivity contribution in [3.05, 3.63) is 112 Å². The van der Waals surface area contributed by atoms with Gasteiger partial charge in [-0.15, -0.1) is 5.10 Å². The number of nitrogens with zero attached hydrogens (tertiary/aromatic N) is 4. The van der Waals surface area contributed by atoms with Crippen LogP contribution in [0.25, 0.3) is 28.1 Å². The summed E-state index contributed by atoms with van der Waals surface area (Å²) in [5.74, 6) is -1.65. The number of benzene rings is 3. The lowest BCUT2D eigenvalue weighted by molar-refractivity contribution is -0.119. The zero-order chi connectivity index (χ0) is 30.7. The van der Waals surface area contributed by atoms with E-state index < -0.39 is 29.3 Å². The van der Waals surface area contributed by atoms with Gasteiger partial charge in [0.2, 0.25) is 5.91 Å². The Kier molecular flexibility index (Phi) is 8.35. The number of nitrogens with one attached hydrogen (secondary N) is 1. The highest BCUT2D eigenvalue weighted by Gasteiger charge is 2.23. The van der Waals surface area contributed by atoms with Gasteiger partial charge in [-0.1, -0.05) is 35.9 Å². The Morgan fingerprint density at radius 2 is 1.81 bits per heavy atom. The number of hydrogen-bond donors (Lipinski definition) is 2. The molecule has 1 atom stereocenters. The van der Waals surface area contributed by atoms with Crippen LogP contribution in [0.1, 0.15) is 29.7 Å². The Balaban J connectivity index is 1.51. The largest absolute Gasteiger partial charge is 0.495 e. The predicted octanol–water partition coefficient (Wildman–Crippen LogP) is 5.85. The van der Waals surface area contributed by atoms with E-state index in [2.05, 4.69) is 15.6 Å². The van der Waals surface area contributed by atoms with Gasteiger partial charge in [0, 0.05) is 33.5 Å². The first-order valence-corrected chi connectivity index (χ1v) is 13.5. The summed E-state index contributed by atoms with van der Waals surface area (Å²) in [4.78, 5) is 37.8. The molecule has 10 nitrogen and oxygen atoms in total. The molecule has 43 heavy (non-hydrogen) atoms. The van der Waals surface area contributed by atoms with E-state index in [0.717, 1.165) is 0 Å². The van der Waals surface area contributed by atoms with E-state index in [1.165, 1.54) is 65.0 Å². The van der Waals surface area contributed by atoms with Crippen LogP contribution < -0.4 is 15.6 Å². The first-order valence-electron chi connectivity index (χ1n) is 13.1. The van der Waals surface area contributed by atoms with Gasteiger partial charge >= 0.3 is 5.97 Å². The molecule has 0 aliphatic carbocycles. The molecular formula is C31H25ClFN5O5. The fourth-order valence-electron chi connectivity index (χ4n) is 4.66. The lowest BCUT2D eigenvalue weighted by Gasteiger charge is -2.20. The maximum atomic E-state index is 13.8. The topological polar surface area (TPSA) is 128 Å². The molecule has 0 radical (unpaired) electrons. The molecule has 0 aliphatic heterocycles. The SMILES string of the molecule is CCC(C(=O)Nc1ccc(C(=O)O)cc1)n1cc(OC)c(-c2cc(Cl)ccc2-n2cc(-c3cccc(F)c3)nn2)cc1=O. The van der Waals surface area contributed by atoms with Gasteiger partial charge in [-0.25, -0.2) is 13.9 Å². The van der Waals surface area contributed by atoms with Crippen molar-refractivity contribution in [3.8, 4) is 33.8 Å². The summed E-state index contributed by atoms with van der Waals surface area (Å²) in [6.07, 6.45) is 3.38. The lowest BCUT2D eigenvalue weighted by Crippen LogP contribution is -2.32. The van der Waals surface area contributed by atoms with E-state index in [-0.39, 0.29) is 12.0 Å². The fourth-order valence-corrected chi connectivity index (χ4v) is 4.83. The van der Waals surface area contributed by atoms with Crippen molar-refractivity contribution < 1.29 is 23.8 Å². The molecule has 0 saturated heterocycles. The van der Waals surface area contributed by atoms with Crippen LogP contribution in [0.15, 0.2) is 90.0 Å². The minimum absolute atomic E-state index is 0.0815. The molecule has 1 amide bonds. The molecule has 3 aromatic carbocycles. The number of rotatable bonds is 9. The molecule has 5 aromatic rings. The van der Waals surface area contributed by atoms with Gasteiger partial charge in [0.25, 0.3) is 5.56 Å². The Morgan fingerprint density at radius 1 is 1.05 bits per heavy atom. The van der Waals surface area contributed by atoms with Crippen molar-refractivity contribution >= 4 is 29.2 Å². The maximum absolute atomic E-state index is 13.8. The summed E-state index contributed by atoms with van der Waals surface area (Å²) < 4.78 is 22.2. The second-order valence-electron chi connectivity index (χ2n) is 9.52. The van der Waals surface area contributed by atoms with Crippen LogP contribution in [0.5, 0.6) is 5.75 Å². The predicted molar refractivity (Wildman–Crippen MR) is 159 cm³/mol. The van der Waals surface area contributed by atoms with Gasteiger partial charge in [0.05, 0.1) is 30.8 Å². The molecule has 0 bridgehead atoms. The van der Waals surface area contributed by atoms with Crippen LogP contribution in [0, 0.1) is 5.82 Å². The molecule has 218 valence electrons. The number of amides is 1. The number of methoxy groups -OCH3 is 1. The zero-order valence-electron chi connectivity index (χ0n) is 23.0. The molecule has 2 aromatic heterocycles. The van der Waals surface area contributed by atoms with Crippen molar-refractivity contribution in [3.63, 3.8) is 0 Å². The first kappa shape index (κ1) is 29.2. The van der Waals surface area contributed by atoms with Crippen LogP contribution in [0.4, 0.5) is 10.1 Å². The Morgan fingerprint density at radius 3 is 2.49 bits per heavy atom.